The molecule has 0 fully saturated rings. The van der Waals surface area contributed by atoms with Crippen LogP contribution in [0.3, 0.4) is 0 Å². The number of phenolic OH excluding ortho intramolecular Hbond substituents is 2. The summed E-state index contributed by atoms with van der Waals surface area (Å²) in [7, 11) is 0. The Morgan fingerprint density at radius 2 is 1.27 bits per heavy atom. The lowest BCUT2D eigenvalue weighted by atomic mass is 10.0. The van der Waals surface area contributed by atoms with Crippen LogP contribution in [-0.2, 0) is 6.42 Å². The predicted octanol–water partition coefficient (Wildman–Crippen LogP) is 5.97. The third kappa shape index (κ3) is 5.50. The van der Waals surface area contributed by atoms with Crippen molar-refractivity contribution in [1.82, 2.24) is 0 Å². The molecule has 0 aromatic heterocycles. The third-order valence-electron chi connectivity index (χ3n) is 4.81. The first kappa shape index (κ1) is 21.2. The number of phenols is 2. The summed E-state index contributed by atoms with van der Waals surface area (Å²) in [6, 6.07) is 15.2. The zero-order valence-electron chi connectivity index (χ0n) is 17.1. The molecule has 3 aromatic carbocycles. The van der Waals surface area contributed by atoms with Crippen LogP contribution in [0.1, 0.15) is 38.2 Å². The van der Waals surface area contributed by atoms with Crippen molar-refractivity contribution in [2.75, 3.05) is 11.5 Å². The second-order valence-electron chi connectivity index (χ2n) is 7.23. The van der Waals surface area contributed by atoms with Gasteiger partial charge < -0.3 is 31.2 Å². The second-order valence-corrected chi connectivity index (χ2v) is 7.23. The number of anilines is 2. The van der Waals surface area contributed by atoms with E-state index in [1.165, 1.54) is 25.0 Å². The minimum atomic E-state index is -0.0335. The van der Waals surface area contributed by atoms with Crippen molar-refractivity contribution in [3.63, 3.8) is 0 Å². The number of aromatic hydroxyl groups is 2. The Hall–Kier alpha value is -3.54. The number of hydrogen-bond acceptors (Lipinski definition) is 6. The van der Waals surface area contributed by atoms with E-state index < -0.39 is 0 Å². The van der Waals surface area contributed by atoms with Crippen LogP contribution in [0.2, 0.25) is 0 Å². The first-order valence-electron chi connectivity index (χ1n) is 10.1. The quantitative estimate of drug-likeness (QED) is 0.197. The molecular weight excluding hydrogens is 380 g/mol. The molecule has 158 valence electrons. The number of hydrogen-bond donors (Lipinski definition) is 4. The van der Waals surface area contributed by atoms with Gasteiger partial charge in [-0.3, -0.25) is 0 Å². The molecule has 0 aliphatic heterocycles. The minimum absolute atomic E-state index is 0.0262. The van der Waals surface area contributed by atoms with Crippen LogP contribution in [0.25, 0.3) is 0 Å². The first-order chi connectivity index (χ1) is 14.5. The zero-order chi connectivity index (χ0) is 21.5. The van der Waals surface area contributed by atoms with Crippen LogP contribution in [0.15, 0.2) is 54.6 Å². The molecule has 0 heterocycles. The molecule has 0 saturated heterocycles. The van der Waals surface area contributed by atoms with Gasteiger partial charge in [0.05, 0.1) is 11.4 Å². The monoisotopic (exact) mass is 408 g/mol. The van der Waals surface area contributed by atoms with Crippen LogP contribution in [0.5, 0.6) is 34.5 Å². The Kier molecular flexibility index (Phi) is 6.91. The van der Waals surface area contributed by atoms with E-state index in [-0.39, 0.29) is 17.2 Å². The van der Waals surface area contributed by atoms with Gasteiger partial charge in [0, 0.05) is 18.2 Å². The molecule has 6 nitrogen and oxygen atoms in total. The number of unbranched alkanes of at least 4 members (excludes halogenated alkanes) is 3. The van der Waals surface area contributed by atoms with E-state index in [1.54, 1.807) is 30.3 Å². The normalized spacial score (nSPS) is 10.7. The van der Waals surface area contributed by atoms with Crippen molar-refractivity contribution < 1.29 is 19.7 Å². The fourth-order valence-electron chi connectivity index (χ4n) is 3.08. The molecule has 0 spiro atoms. The van der Waals surface area contributed by atoms with Gasteiger partial charge in [0.25, 0.3) is 0 Å². The Morgan fingerprint density at radius 3 is 1.87 bits per heavy atom. The predicted molar refractivity (Wildman–Crippen MR) is 119 cm³/mol. The molecule has 0 unspecified atom stereocenters. The van der Waals surface area contributed by atoms with E-state index in [0.29, 0.717) is 28.7 Å². The summed E-state index contributed by atoms with van der Waals surface area (Å²) in [4.78, 5) is 0. The van der Waals surface area contributed by atoms with Gasteiger partial charge in [0.1, 0.15) is 34.5 Å². The molecule has 3 rings (SSSR count). The fraction of sp³-hybridized carbons (Fsp3) is 0.250. The summed E-state index contributed by atoms with van der Waals surface area (Å²) < 4.78 is 11.9. The maximum absolute atomic E-state index is 9.88. The molecule has 0 radical (unpaired) electrons. The van der Waals surface area contributed by atoms with E-state index in [2.05, 4.69) is 6.92 Å². The largest absolute Gasteiger partial charge is 0.506 e. The maximum atomic E-state index is 9.88. The van der Waals surface area contributed by atoms with Crippen LogP contribution >= 0.6 is 0 Å². The van der Waals surface area contributed by atoms with Crippen molar-refractivity contribution in [2.45, 2.75) is 39.0 Å². The standard InChI is InChI=1S/C24H28N2O4/c1-2-3-4-5-6-16-7-8-19(29-17-9-11-20(25)22(27)13-17)15-24(16)30-18-10-12-21(26)23(28)14-18/h7-15,27-28H,2-6,25-26H2,1H3. The van der Waals surface area contributed by atoms with Gasteiger partial charge in [-0.15, -0.1) is 0 Å². The summed E-state index contributed by atoms with van der Waals surface area (Å²) >= 11 is 0. The topological polar surface area (TPSA) is 111 Å². The van der Waals surface area contributed by atoms with Crippen molar-refractivity contribution in [1.29, 1.82) is 0 Å². The summed E-state index contributed by atoms with van der Waals surface area (Å²) in [5.74, 6) is 2.10. The van der Waals surface area contributed by atoms with Crippen LogP contribution in [0, 0.1) is 0 Å². The van der Waals surface area contributed by atoms with Crippen molar-refractivity contribution in [3.05, 3.63) is 60.2 Å². The Morgan fingerprint density at radius 1 is 0.700 bits per heavy atom. The van der Waals surface area contributed by atoms with E-state index >= 15 is 0 Å². The number of ether oxygens (including phenoxy) is 2. The number of rotatable bonds is 9. The molecule has 0 aliphatic carbocycles. The average molecular weight is 408 g/mol. The van der Waals surface area contributed by atoms with Crippen molar-refractivity contribution in [3.8, 4) is 34.5 Å². The zero-order valence-corrected chi connectivity index (χ0v) is 17.1. The summed E-state index contributed by atoms with van der Waals surface area (Å²) in [6.07, 6.45) is 5.46. The molecule has 6 heteroatoms. The van der Waals surface area contributed by atoms with Crippen molar-refractivity contribution >= 4 is 11.4 Å². The molecule has 30 heavy (non-hydrogen) atoms. The highest BCUT2D eigenvalue weighted by atomic mass is 16.5. The Bertz CT molecular complexity index is 1000. The average Bonchev–Trinajstić information content (AvgIpc) is 2.72. The van der Waals surface area contributed by atoms with Gasteiger partial charge in [0.15, 0.2) is 0 Å². The molecule has 0 saturated carbocycles. The lowest BCUT2D eigenvalue weighted by Gasteiger charge is -2.14. The highest BCUT2D eigenvalue weighted by Crippen LogP contribution is 2.36. The van der Waals surface area contributed by atoms with E-state index in [4.69, 9.17) is 20.9 Å². The lowest BCUT2D eigenvalue weighted by Crippen LogP contribution is -1.95. The van der Waals surface area contributed by atoms with Crippen molar-refractivity contribution in [2.24, 2.45) is 0 Å². The summed E-state index contributed by atoms with van der Waals surface area (Å²) in [6.45, 7) is 2.18. The molecule has 0 bridgehead atoms. The molecule has 0 atom stereocenters. The third-order valence-corrected chi connectivity index (χ3v) is 4.81. The van der Waals surface area contributed by atoms with Gasteiger partial charge in [-0.1, -0.05) is 32.3 Å². The summed E-state index contributed by atoms with van der Waals surface area (Å²) in [5.41, 5.74) is 13.0. The molecule has 3 aromatic rings. The van der Waals surface area contributed by atoms with Crippen LogP contribution in [0.4, 0.5) is 11.4 Å². The van der Waals surface area contributed by atoms with E-state index in [1.807, 2.05) is 12.1 Å². The van der Waals surface area contributed by atoms with Crippen LogP contribution < -0.4 is 20.9 Å². The van der Waals surface area contributed by atoms with Gasteiger partial charge in [0.2, 0.25) is 0 Å². The van der Waals surface area contributed by atoms with Gasteiger partial charge >= 0.3 is 0 Å². The first-order valence-corrected chi connectivity index (χ1v) is 10.1. The number of nitrogen functional groups attached to an aromatic ring is 2. The molecule has 0 aliphatic rings. The second kappa shape index (κ2) is 9.78. The fourth-order valence-corrected chi connectivity index (χ4v) is 3.08. The minimum Gasteiger partial charge on any atom is -0.506 e. The van der Waals surface area contributed by atoms with Gasteiger partial charge in [-0.25, -0.2) is 0 Å². The van der Waals surface area contributed by atoms with Gasteiger partial charge in [-0.05, 0) is 48.7 Å². The molecule has 0 amide bonds. The number of aryl methyl sites for hydroxylation is 1. The lowest BCUT2D eigenvalue weighted by molar-refractivity contribution is 0.442. The highest BCUT2D eigenvalue weighted by molar-refractivity contribution is 5.57. The smallest absolute Gasteiger partial charge is 0.142 e. The van der Waals surface area contributed by atoms with Crippen LogP contribution in [-0.4, -0.2) is 10.2 Å². The maximum Gasteiger partial charge on any atom is 0.142 e. The summed E-state index contributed by atoms with van der Waals surface area (Å²) in [5, 5.41) is 19.7. The van der Waals surface area contributed by atoms with Gasteiger partial charge in [-0.2, -0.15) is 0 Å². The molecular formula is C24H28N2O4. The molecule has 6 N–H and O–H groups in total. The SMILES string of the molecule is CCCCCCc1ccc(Oc2ccc(N)c(O)c2)cc1Oc1ccc(N)c(O)c1. The van der Waals surface area contributed by atoms with E-state index in [0.717, 1.165) is 24.8 Å². The Balaban J connectivity index is 1.85. The van der Waals surface area contributed by atoms with E-state index in [9.17, 15) is 10.2 Å². The highest BCUT2D eigenvalue weighted by Gasteiger charge is 2.10. The number of nitrogens with two attached hydrogens (primary N) is 2. The Labute approximate surface area is 176 Å². The number of benzene rings is 3.